The average molecular weight is 294 g/mol. The van der Waals surface area contributed by atoms with Crippen molar-refractivity contribution in [3.8, 4) is 0 Å². The molecular formula is C11H22N2O5S. The second-order valence-corrected chi connectivity index (χ2v) is 7.24. The number of nitrogens with zero attached hydrogens (tertiary/aromatic N) is 1. The number of carboxylic acids is 1. The van der Waals surface area contributed by atoms with Gasteiger partial charge in [-0.05, 0) is 12.3 Å². The van der Waals surface area contributed by atoms with Gasteiger partial charge in [-0.25, -0.2) is 17.5 Å². The van der Waals surface area contributed by atoms with E-state index in [4.69, 9.17) is 5.11 Å². The molecule has 0 heterocycles. The van der Waals surface area contributed by atoms with Gasteiger partial charge < -0.3 is 10.4 Å². The molecule has 0 saturated carbocycles. The summed E-state index contributed by atoms with van der Waals surface area (Å²) in [6.07, 6.45) is 0.0594. The van der Waals surface area contributed by atoms with E-state index in [-0.39, 0.29) is 18.1 Å². The molecule has 7 nitrogen and oxygen atoms in total. The SMILES string of the molecule is CC(C)C[C@H](NC(=O)CCS(=O)(=O)N(C)C)C(=O)O. The third kappa shape index (κ3) is 7.12. The summed E-state index contributed by atoms with van der Waals surface area (Å²) in [6, 6.07) is -0.977. The Hall–Kier alpha value is -1.15. The number of sulfonamides is 1. The van der Waals surface area contributed by atoms with Gasteiger partial charge in [0, 0.05) is 20.5 Å². The number of nitrogens with one attached hydrogen (secondary N) is 1. The molecule has 19 heavy (non-hydrogen) atoms. The third-order valence-corrected chi connectivity index (χ3v) is 4.32. The molecular weight excluding hydrogens is 272 g/mol. The summed E-state index contributed by atoms with van der Waals surface area (Å²) >= 11 is 0. The van der Waals surface area contributed by atoms with E-state index in [1.165, 1.54) is 14.1 Å². The minimum absolute atomic E-state index is 0.118. The number of hydrogen-bond donors (Lipinski definition) is 2. The van der Waals surface area contributed by atoms with Crippen molar-refractivity contribution >= 4 is 21.9 Å². The average Bonchev–Trinajstić information content (AvgIpc) is 2.24. The van der Waals surface area contributed by atoms with E-state index in [9.17, 15) is 18.0 Å². The van der Waals surface area contributed by atoms with Crippen molar-refractivity contribution in [1.82, 2.24) is 9.62 Å². The predicted molar refractivity (Wildman–Crippen MR) is 71.1 cm³/mol. The van der Waals surface area contributed by atoms with Gasteiger partial charge in [0.1, 0.15) is 6.04 Å². The molecule has 0 aliphatic heterocycles. The first kappa shape index (κ1) is 17.8. The fourth-order valence-electron chi connectivity index (χ4n) is 1.36. The molecule has 0 aromatic carbocycles. The van der Waals surface area contributed by atoms with Crippen LogP contribution in [0.3, 0.4) is 0 Å². The molecule has 0 fully saturated rings. The van der Waals surface area contributed by atoms with Crippen LogP contribution < -0.4 is 5.32 Å². The van der Waals surface area contributed by atoms with Crippen LogP contribution in [-0.4, -0.2) is 55.6 Å². The van der Waals surface area contributed by atoms with Gasteiger partial charge in [-0.1, -0.05) is 13.8 Å². The molecule has 0 aliphatic carbocycles. The van der Waals surface area contributed by atoms with E-state index < -0.39 is 27.9 Å². The lowest BCUT2D eigenvalue weighted by molar-refractivity contribution is -0.142. The quantitative estimate of drug-likeness (QED) is 0.649. The Morgan fingerprint density at radius 1 is 1.26 bits per heavy atom. The van der Waals surface area contributed by atoms with Gasteiger partial charge in [0.15, 0.2) is 0 Å². The summed E-state index contributed by atoms with van der Waals surface area (Å²) in [6.45, 7) is 3.69. The van der Waals surface area contributed by atoms with Gasteiger partial charge in [0.05, 0.1) is 5.75 Å². The Balaban J connectivity index is 4.40. The normalized spacial score (nSPS) is 13.6. The largest absolute Gasteiger partial charge is 0.480 e. The molecule has 0 saturated heterocycles. The molecule has 0 bridgehead atoms. The van der Waals surface area contributed by atoms with Crippen molar-refractivity contribution in [1.29, 1.82) is 0 Å². The molecule has 0 radical (unpaired) electrons. The number of amides is 1. The molecule has 0 aromatic heterocycles. The summed E-state index contributed by atoms with van der Waals surface area (Å²) in [5.74, 6) is -1.90. The second-order valence-electron chi connectivity index (χ2n) is 4.94. The minimum Gasteiger partial charge on any atom is -0.480 e. The molecule has 1 atom stereocenters. The fraction of sp³-hybridized carbons (Fsp3) is 0.818. The van der Waals surface area contributed by atoms with E-state index in [1.807, 2.05) is 13.8 Å². The molecule has 112 valence electrons. The van der Waals surface area contributed by atoms with Crippen molar-refractivity contribution in [3.05, 3.63) is 0 Å². The molecule has 0 rings (SSSR count). The molecule has 1 amide bonds. The number of carbonyl (C=O) groups is 2. The summed E-state index contributed by atoms with van der Waals surface area (Å²) in [7, 11) is -0.685. The number of carboxylic acid groups (broad SMARTS) is 1. The van der Waals surface area contributed by atoms with Crippen LogP contribution in [-0.2, 0) is 19.6 Å². The predicted octanol–water partition coefficient (Wildman–Crippen LogP) is -0.117. The molecule has 0 aliphatic rings. The Kier molecular flexibility index (Phi) is 6.99. The maximum absolute atomic E-state index is 11.6. The topological polar surface area (TPSA) is 104 Å². The fourth-order valence-corrected chi connectivity index (χ4v) is 2.17. The van der Waals surface area contributed by atoms with Crippen molar-refractivity contribution in [2.45, 2.75) is 32.7 Å². The Morgan fingerprint density at radius 2 is 1.79 bits per heavy atom. The van der Waals surface area contributed by atoms with E-state index >= 15 is 0 Å². The monoisotopic (exact) mass is 294 g/mol. The first-order valence-electron chi connectivity index (χ1n) is 5.98. The van der Waals surface area contributed by atoms with Crippen molar-refractivity contribution in [2.75, 3.05) is 19.8 Å². The highest BCUT2D eigenvalue weighted by atomic mass is 32.2. The van der Waals surface area contributed by atoms with E-state index in [1.54, 1.807) is 0 Å². The highest BCUT2D eigenvalue weighted by molar-refractivity contribution is 7.89. The zero-order chi connectivity index (χ0) is 15.2. The highest BCUT2D eigenvalue weighted by Gasteiger charge is 2.22. The van der Waals surface area contributed by atoms with Crippen LogP contribution in [0.5, 0.6) is 0 Å². The van der Waals surface area contributed by atoms with Crippen LogP contribution in [0, 0.1) is 5.92 Å². The lowest BCUT2D eigenvalue weighted by Gasteiger charge is -2.17. The van der Waals surface area contributed by atoms with E-state index in [0.717, 1.165) is 4.31 Å². The second kappa shape index (κ2) is 7.44. The summed E-state index contributed by atoms with van der Waals surface area (Å²) < 4.78 is 24.0. The minimum atomic E-state index is -3.45. The van der Waals surface area contributed by atoms with Gasteiger partial charge in [0.25, 0.3) is 0 Å². The van der Waals surface area contributed by atoms with Crippen molar-refractivity contribution in [2.24, 2.45) is 5.92 Å². The molecule has 8 heteroatoms. The number of carbonyl (C=O) groups excluding carboxylic acids is 1. The lowest BCUT2D eigenvalue weighted by Crippen LogP contribution is -2.42. The maximum atomic E-state index is 11.6. The Labute approximate surface area is 114 Å². The van der Waals surface area contributed by atoms with Crippen molar-refractivity contribution in [3.63, 3.8) is 0 Å². The Morgan fingerprint density at radius 3 is 2.16 bits per heavy atom. The van der Waals surface area contributed by atoms with Crippen LogP contribution in [0.25, 0.3) is 0 Å². The van der Waals surface area contributed by atoms with Crippen molar-refractivity contribution < 1.29 is 23.1 Å². The van der Waals surface area contributed by atoms with Crippen LogP contribution in [0.1, 0.15) is 26.7 Å². The van der Waals surface area contributed by atoms with E-state index in [0.29, 0.717) is 6.42 Å². The van der Waals surface area contributed by atoms with Crippen LogP contribution >= 0.6 is 0 Å². The van der Waals surface area contributed by atoms with Gasteiger partial charge in [-0.15, -0.1) is 0 Å². The zero-order valence-electron chi connectivity index (χ0n) is 11.7. The Bertz CT molecular complexity index is 417. The van der Waals surface area contributed by atoms with Crippen LogP contribution in [0.15, 0.2) is 0 Å². The first-order valence-corrected chi connectivity index (χ1v) is 7.59. The maximum Gasteiger partial charge on any atom is 0.326 e. The number of hydrogen-bond acceptors (Lipinski definition) is 4. The summed E-state index contributed by atoms with van der Waals surface area (Å²) in [5.41, 5.74) is 0. The summed E-state index contributed by atoms with van der Waals surface area (Å²) in [5, 5.41) is 11.3. The number of rotatable bonds is 8. The molecule has 0 aromatic rings. The van der Waals surface area contributed by atoms with Crippen LogP contribution in [0.2, 0.25) is 0 Å². The summed E-state index contributed by atoms with van der Waals surface area (Å²) in [4.78, 5) is 22.5. The van der Waals surface area contributed by atoms with Crippen LogP contribution in [0.4, 0.5) is 0 Å². The molecule has 2 N–H and O–H groups in total. The van der Waals surface area contributed by atoms with E-state index in [2.05, 4.69) is 5.32 Å². The number of aliphatic carboxylic acids is 1. The zero-order valence-corrected chi connectivity index (χ0v) is 12.5. The molecule has 0 spiro atoms. The smallest absolute Gasteiger partial charge is 0.326 e. The van der Waals surface area contributed by atoms with Gasteiger partial charge in [0.2, 0.25) is 15.9 Å². The third-order valence-electron chi connectivity index (χ3n) is 2.48. The first-order chi connectivity index (χ1) is 8.56. The molecule has 0 unspecified atom stereocenters. The highest BCUT2D eigenvalue weighted by Crippen LogP contribution is 2.05. The van der Waals surface area contributed by atoms with Gasteiger partial charge in [-0.3, -0.25) is 4.79 Å². The lowest BCUT2D eigenvalue weighted by atomic mass is 10.0. The van der Waals surface area contributed by atoms with Gasteiger partial charge in [-0.2, -0.15) is 0 Å². The standard InChI is InChI=1S/C11H22N2O5S/c1-8(2)7-9(11(15)16)12-10(14)5-6-19(17,18)13(3)4/h8-9H,5-7H2,1-4H3,(H,12,14)(H,15,16)/t9-/m0/s1. The van der Waals surface area contributed by atoms with Gasteiger partial charge >= 0.3 is 5.97 Å².